The van der Waals surface area contributed by atoms with Gasteiger partial charge in [0.1, 0.15) is 15.6 Å². The third-order valence-corrected chi connectivity index (χ3v) is 5.71. The number of sulfonamides is 1. The molecule has 1 heterocycles. The summed E-state index contributed by atoms with van der Waals surface area (Å²) in [6.45, 7) is 1.92. The van der Waals surface area contributed by atoms with Crippen molar-refractivity contribution in [1.82, 2.24) is 9.29 Å². The molecule has 0 saturated heterocycles. The molecular weight excluding hydrogens is 282 g/mol. The van der Waals surface area contributed by atoms with Crippen molar-refractivity contribution in [3.63, 3.8) is 0 Å². The van der Waals surface area contributed by atoms with E-state index in [0.717, 1.165) is 12.8 Å². The quantitative estimate of drug-likeness (QED) is 0.825. The van der Waals surface area contributed by atoms with Crippen molar-refractivity contribution < 1.29 is 8.42 Å². The molecule has 19 heavy (non-hydrogen) atoms. The Kier molecular flexibility index (Phi) is 3.89. The predicted octanol–water partition coefficient (Wildman–Crippen LogP) is 1.13. The van der Waals surface area contributed by atoms with Crippen LogP contribution in [0.1, 0.15) is 25.5 Å². The van der Waals surface area contributed by atoms with Crippen molar-refractivity contribution >= 4 is 27.2 Å². The van der Waals surface area contributed by atoms with E-state index in [1.54, 1.807) is 13.1 Å². The first-order valence-corrected chi connectivity index (χ1v) is 7.93. The zero-order chi connectivity index (χ0) is 14.2. The van der Waals surface area contributed by atoms with Gasteiger partial charge in [0.15, 0.2) is 0 Å². The fourth-order valence-electron chi connectivity index (χ4n) is 2.03. The lowest BCUT2D eigenvalue weighted by Gasteiger charge is -2.24. The molecular formula is C12H17N3O2S2. The number of pyridine rings is 1. The van der Waals surface area contributed by atoms with E-state index < -0.39 is 10.0 Å². The number of hydrogen-bond acceptors (Lipinski definition) is 4. The van der Waals surface area contributed by atoms with Crippen LogP contribution in [0.25, 0.3) is 0 Å². The summed E-state index contributed by atoms with van der Waals surface area (Å²) in [5.74, 6) is 0.449. The molecule has 104 valence electrons. The van der Waals surface area contributed by atoms with Gasteiger partial charge in [0, 0.05) is 19.3 Å². The predicted molar refractivity (Wildman–Crippen MR) is 77.3 cm³/mol. The van der Waals surface area contributed by atoms with Crippen LogP contribution in [0.4, 0.5) is 0 Å². The van der Waals surface area contributed by atoms with E-state index in [9.17, 15) is 8.42 Å². The molecule has 1 aliphatic carbocycles. The smallest absolute Gasteiger partial charge is 0.245 e. The van der Waals surface area contributed by atoms with Crippen molar-refractivity contribution in [2.45, 2.75) is 30.7 Å². The molecule has 1 atom stereocenters. The summed E-state index contributed by atoms with van der Waals surface area (Å²) in [6, 6.07) is 3.04. The molecule has 0 bridgehead atoms. The van der Waals surface area contributed by atoms with Gasteiger partial charge in [0.05, 0.1) is 0 Å². The second kappa shape index (κ2) is 5.15. The van der Waals surface area contributed by atoms with Crippen molar-refractivity contribution in [3.05, 3.63) is 24.0 Å². The van der Waals surface area contributed by atoms with Gasteiger partial charge in [-0.25, -0.2) is 8.42 Å². The first-order chi connectivity index (χ1) is 8.85. The second-order valence-corrected chi connectivity index (χ2v) is 7.22. The Balaban J connectivity index is 2.41. The summed E-state index contributed by atoms with van der Waals surface area (Å²) in [7, 11) is -2.02. The van der Waals surface area contributed by atoms with Crippen LogP contribution in [0, 0.1) is 5.92 Å². The van der Waals surface area contributed by atoms with E-state index >= 15 is 0 Å². The fraction of sp³-hybridized carbons (Fsp3) is 0.500. The van der Waals surface area contributed by atoms with E-state index in [0.29, 0.717) is 5.92 Å². The van der Waals surface area contributed by atoms with Crippen molar-refractivity contribution in [1.29, 1.82) is 0 Å². The number of rotatable bonds is 5. The maximum absolute atomic E-state index is 12.6. The molecule has 0 aromatic carbocycles. The van der Waals surface area contributed by atoms with E-state index in [1.807, 2.05) is 6.92 Å². The highest BCUT2D eigenvalue weighted by Gasteiger charge is 2.37. The summed E-state index contributed by atoms with van der Waals surface area (Å²) >= 11 is 4.87. The molecule has 5 nitrogen and oxygen atoms in total. The van der Waals surface area contributed by atoms with Crippen LogP contribution in [-0.2, 0) is 10.0 Å². The Hall–Kier alpha value is -1.05. The minimum absolute atomic E-state index is 0.00773. The van der Waals surface area contributed by atoms with Crippen molar-refractivity contribution in [3.8, 4) is 0 Å². The van der Waals surface area contributed by atoms with E-state index in [1.165, 1.54) is 16.6 Å². The zero-order valence-electron chi connectivity index (χ0n) is 10.9. The number of nitrogens with two attached hydrogens (primary N) is 1. The molecule has 1 aliphatic rings. The van der Waals surface area contributed by atoms with Gasteiger partial charge in [-0.2, -0.15) is 4.31 Å². The lowest BCUT2D eigenvalue weighted by Crippen LogP contribution is -2.37. The summed E-state index contributed by atoms with van der Waals surface area (Å²) in [5.41, 5.74) is 5.71. The highest BCUT2D eigenvalue weighted by atomic mass is 32.2. The van der Waals surface area contributed by atoms with E-state index in [4.69, 9.17) is 18.0 Å². The number of nitrogens with zero attached hydrogens (tertiary/aromatic N) is 2. The lowest BCUT2D eigenvalue weighted by atomic mass is 10.2. The monoisotopic (exact) mass is 299 g/mol. The average molecular weight is 299 g/mol. The van der Waals surface area contributed by atoms with Crippen molar-refractivity contribution in [2.24, 2.45) is 11.7 Å². The molecule has 1 aromatic rings. The molecule has 0 spiro atoms. The van der Waals surface area contributed by atoms with Gasteiger partial charge in [-0.1, -0.05) is 12.2 Å². The highest BCUT2D eigenvalue weighted by Crippen LogP contribution is 2.36. The lowest BCUT2D eigenvalue weighted by molar-refractivity contribution is 0.357. The van der Waals surface area contributed by atoms with Gasteiger partial charge in [-0.05, 0) is 37.8 Å². The molecule has 0 amide bonds. The third kappa shape index (κ3) is 2.77. The Morgan fingerprint density at radius 3 is 2.74 bits per heavy atom. The van der Waals surface area contributed by atoms with E-state index in [2.05, 4.69) is 4.98 Å². The third-order valence-electron chi connectivity index (χ3n) is 3.54. The standard InChI is InChI=1S/C12H17N3O2S2/c1-8(9-5-6-9)15(2)19(16,17)10-4-3-7-14-11(10)12(13)18/h3-4,7-9H,5-6H2,1-2H3,(H2,13,18). The van der Waals surface area contributed by atoms with Gasteiger partial charge in [-0.15, -0.1) is 0 Å². The van der Waals surface area contributed by atoms with Crippen LogP contribution in [0.5, 0.6) is 0 Å². The summed E-state index contributed by atoms with van der Waals surface area (Å²) in [5, 5.41) is 0. The molecule has 2 N–H and O–H groups in total. The van der Waals surface area contributed by atoms with Crippen LogP contribution in [0.2, 0.25) is 0 Å². The Labute approximate surface area is 118 Å². The Morgan fingerprint density at radius 1 is 1.58 bits per heavy atom. The molecule has 0 aliphatic heterocycles. The van der Waals surface area contributed by atoms with Crippen LogP contribution in [0.15, 0.2) is 23.2 Å². The van der Waals surface area contributed by atoms with E-state index in [-0.39, 0.29) is 21.6 Å². The highest BCUT2D eigenvalue weighted by molar-refractivity contribution is 7.89. The second-order valence-electron chi connectivity index (χ2n) is 4.81. The molecule has 0 radical (unpaired) electrons. The number of hydrogen-bond donors (Lipinski definition) is 1. The Bertz CT molecular complexity index is 597. The van der Waals surface area contributed by atoms with Gasteiger partial charge >= 0.3 is 0 Å². The van der Waals surface area contributed by atoms with Gasteiger partial charge < -0.3 is 5.73 Å². The minimum Gasteiger partial charge on any atom is -0.388 e. The van der Waals surface area contributed by atoms with Crippen LogP contribution < -0.4 is 5.73 Å². The topological polar surface area (TPSA) is 76.3 Å². The molecule has 2 rings (SSSR count). The number of aromatic nitrogens is 1. The van der Waals surface area contributed by atoms with Crippen LogP contribution in [-0.4, -0.2) is 35.8 Å². The Morgan fingerprint density at radius 2 is 2.21 bits per heavy atom. The van der Waals surface area contributed by atoms with Gasteiger partial charge in [0.2, 0.25) is 10.0 Å². The molecule has 1 aromatic heterocycles. The van der Waals surface area contributed by atoms with Gasteiger partial charge in [-0.3, -0.25) is 4.98 Å². The minimum atomic E-state index is -3.62. The number of thiocarbonyl (C=S) groups is 1. The van der Waals surface area contributed by atoms with Crippen LogP contribution in [0.3, 0.4) is 0 Å². The summed E-state index contributed by atoms with van der Waals surface area (Å²) < 4.78 is 26.6. The molecule has 1 fully saturated rings. The summed E-state index contributed by atoms with van der Waals surface area (Å²) in [6.07, 6.45) is 3.64. The first-order valence-electron chi connectivity index (χ1n) is 6.08. The van der Waals surface area contributed by atoms with Gasteiger partial charge in [0.25, 0.3) is 0 Å². The molecule has 1 unspecified atom stereocenters. The first kappa shape index (κ1) is 14.4. The summed E-state index contributed by atoms with van der Waals surface area (Å²) in [4.78, 5) is 4.05. The maximum Gasteiger partial charge on any atom is 0.245 e. The fourth-order valence-corrected chi connectivity index (χ4v) is 3.84. The zero-order valence-corrected chi connectivity index (χ0v) is 12.5. The normalized spacial score (nSPS) is 17.4. The maximum atomic E-state index is 12.6. The van der Waals surface area contributed by atoms with Crippen molar-refractivity contribution in [2.75, 3.05) is 7.05 Å². The van der Waals surface area contributed by atoms with Crippen LogP contribution >= 0.6 is 12.2 Å². The average Bonchev–Trinajstić information content (AvgIpc) is 3.21. The SMILES string of the molecule is CC(C1CC1)N(C)S(=O)(=O)c1cccnc1C(N)=S. The molecule has 1 saturated carbocycles. The molecule has 7 heteroatoms. The largest absolute Gasteiger partial charge is 0.388 e.